The summed E-state index contributed by atoms with van der Waals surface area (Å²) in [6, 6.07) is 5.57. The lowest BCUT2D eigenvalue weighted by Crippen LogP contribution is -2.06. The highest BCUT2D eigenvalue weighted by molar-refractivity contribution is 5.42. The number of hydrogen-bond donors (Lipinski definition) is 1. The number of alkyl halides is 3. The third kappa shape index (κ3) is 2.96. The molecule has 0 aliphatic carbocycles. The Labute approximate surface area is 109 Å². The molecule has 102 valence electrons. The van der Waals surface area contributed by atoms with Gasteiger partial charge in [0.25, 0.3) is 0 Å². The zero-order valence-corrected chi connectivity index (χ0v) is 10.6. The van der Waals surface area contributed by atoms with Crippen molar-refractivity contribution < 1.29 is 13.2 Å². The highest BCUT2D eigenvalue weighted by Crippen LogP contribution is 2.29. The summed E-state index contributed by atoms with van der Waals surface area (Å²) in [4.78, 5) is 0. The van der Waals surface area contributed by atoms with Gasteiger partial charge in [0.2, 0.25) is 0 Å². The second kappa shape index (κ2) is 5.05. The fourth-order valence-corrected chi connectivity index (χ4v) is 1.89. The number of hydrogen-bond acceptors (Lipinski definition) is 2. The SMILES string of the molecule is CNCc1ccc(-n2cc(C(F)(F)F)cn2)c(C)c1. The van der Waals surface area contributed by atoms with Crippen molar-refractivity contribution in [3.63, 3.8) is 0 Å². The zero-order chi connectivity index (χ0) is 14.0. The third-order valence-electron chi connectivity index (χ3n) is 2.80. The minimum Gasteiger partial charge on any atom is -0.316 e. The largest absolute Gasteiger partial charge is 0.419 e. The van der Waals surface area contributed by atoms with Gasteiger partial charge in [-0.05, 0) is 31.2 Å². The summed E-state index contributed by atoms with van der Waals surface area (Å²) in [5.41, 5.74) is 1.86. The smallest absolute Gasteiger partial charge is 0.316 e. The maximum absolute atomic E-state index is 12.5. The van der Waals surface area contributed by atoms with E-state index < -0.39 is 11.7 Å². The highest BCUT2D eigenvalue weighted by Gasteiger charge is 2.32. The molecule has 1 heterocycles. The predicted molar refractivity (Wildman–Crippen MR) is 66.1 cm³/mol. The molecule has 0 saturated carbocycles. The number of nitrogens with one attached hydrogen (secondary N) is 1. The fourth-order valence-electron chi connectivity index (χ4n) is 1.89. The summed E-state index contributed by atoms with van der Waals surface area (Å²) >= 11 is 0. The van der Waals surface area contributed by atoms with Crippen LogP contribution in [0.5, 0.6) is 0 Å². The molecule has 6 heteroatoms. The van der Waals surface area contributed by atoms with Crippen LogP contribution in [0.3, 0.4) is 0 Å². The number of aryl methyl sites for hydroxylation is 1. The van der Waals surface area contributed by atoms with E-state index in [1.165, 1.54) is 4.68 Å². The molecule has 0 atom stereocenters. The van der Waals surface area contributed by atoms with Crippen LogP contribution in [0.15, 0.2) is 30.6 Å². The van der Waals surface area contributed by atoms with E-state index in [9.17, 15) is 13.2 Å². The first-order valence-electron chi connectivity index (χ1n) is 5.78. The standard InChI is InChI=1S/C13H14F3N3/c1-9-5-10(6-17-2)3-4-12(9)19-8-11(7-18-19)13(14,15)16/h3-5,7-8,17H,6H2,1-2H3. The van der Waals surface area contributed by atoms with Crippen molar-refractivity contribution >= 4 is 0 Å². The van der Waals surface area contributed by atoms with Crippen LogP contribution in [-0.4, -0.2) is 16.8 Å². The van der Waals surface area contributed by atoms with Crippen LogP contribution in [-0.2, 0) is 12.7 Å². The minimum atomic E-state index is -4.36. The summed E-state index contributed by atoms with van der Waals surface area (Å²) in [5.74, 6) is 0. The van der Waals surface area contributed by atoms with Crippen molar-refractivity contribution in [1.29, 1.82) is 0 Å². The molecule has 0 amide bonds. The van der Waals surface area contributed by atoms with Crippen molar-refractivity contribution in [2.45, 2.75) is 19.6 Å². The summed E-state index contributed by atoms with van der Waals surface area (Å²) in [5, 5.41) is 6.79. The Morgan fingerprint density at radius 2 is 2.05 bits per heavy atom. The quantitative estimate of drug-likeness (QED) is 0.928. The maximum atomic E-state index is 12.5. The minimum absolute atomic E-state index is 0.648. The number of aromatic nitrogens is 2. The van der Waals surface area contributed by atoms with Gasteiger partial charge in [-0.15, -0.1) is 0 Å². The molecule has 3 nitrogen and oxygen atoms in total. The summed E-state index contributed by atoms with van der Waals surface area (Å²) in [6.07, 6.45) is -2.53. The molecule has 0 radical (unpaired) electrons. The van der Waals surface area contributed by atoms with Gasteiger partial charge in [0.05, 0.1) is 17.4 Å². The van der Waals surface area contributed by atoms with E-state index in [1.54, 1.807) is 6.07 Å². The van der Waals surface area contributed by atoms with Crippen LogP contribution in [0.2, 0.25) is 0 Å². The lowest BCUT2D eigenvalue weighted by atomic mass is 10.1. The molecule has 1 aromatic heterocycles. The van der Waals surface area contributed by atoms with E-state index in [0.717, 1.165) is 23.5 Å². The van der Waals surface area contributed by atoms with Crippen molar-refractivity contribution in [2.75, 3.05) is 7.05 Å². The topological polar surface area (TPSA) is 29.9 Å². The van der Waals surface area contributed by atoms with Gasteiger partial charge in [0.1, 0.15) is 0 Å². The van der Waals surface area contributed by atoms with Crippen molar-refractivity contribution in [3.8, 4) is 5.69 Å². The number of benzene rings is 1. The van der Waals surface area contributed by atoms with Crippen molar-refractivity contribution in [1.82, 2.24) is 15.1 Å². The van der Waals surface area contributed by atoms with Crippen LogP contribution in [0, 0.1) is 6.92 Å². The molecule has 2 rings (SSSR count). The lowest BCUT2D eigenvalue weighted by Gasteiger charge is -2.08. The van der Waals surface area contributed by atoms with Crippen molar-refractivity contribution in [2.24, 2.45) is 0 Å². The van der Waals surface area contributed by atoms with Gasteiger partial charge in [-0.25, -0.2) is 4.68 Å². The Morgan fingerprint density at radius 3 is 2.58 bits per heavy atom. The molecule has 1 N–H and O–H groups in total. The predicted octanol–water partition coefficient (Wildman–Crippen LogP) is 2.92. The Morgan fingerprint density at radius 1 is 1.32 bits per heavy atom. The van der Waals surface area contributed by atoms with Gasteiger partial charge in [0.15, 0.2) is 0 Å². The average Bonchev–Trinajstić information content (AvgIpc) is 2.78. The molecule has 2 aromatic rings. The first kappa shape index (κ1) is 13.6. The van der Waals surface area contributed by atoms with Crippen LogP contribution < -0.4 is 5.32 Å². The second-order valence-electron chi connectivity index (χ2n) is 4.32. The van der Waals surface area contributed by atoms with E-state index in [1.807, 2.05) is 26.1 Å². The molecular formula is C13H14F3N3. The Balaban J connectivity index is 2.34. The molecule has 0 saturated heterocycles. The van der Waals surface area contributed by atoms with E-state index >= 15 is 0 Å². The molecule has 0 unspecified atom stereocenters. The van der Waals surface area contributed by atoms with Crippen molar-refractivity contribution in [3.05, 3.63) is 47.3 Å². The van der Waals surface area contributed by atoms with Gasteiger partial charge >= 0.3 is 6.18 Å². The number of halogens is 3. The van der Waals surface area contributed by atoms with Gasteiger partial charge in [-0.3, -0.25) is 0 Å². The summed E-state index contributed by atoms with van der Waals surface area (Å²) in [6.45, 7) is 2.57. The molecule has 1 aromatic carbocycles. The average molecular weight is 269 g/mol. The monoisotopic (exact) mass is 269 g/mol. The highest BCUT2D eigenvalue weighted by atomic mass is 19.4. The van der Waals surface area contributed by atoms with Crippen LogP contribution >= 0.6 is 0 Å². The molecule has 0 spiro atoms. The number of rotatable bonds is 3. The summed E-state index contributed by atoms with van der Waals surface area (Å²) in [7, 11) is 1.84. The van der Waals surface area contributed by atoms with Gasteiger partial charge < -0.3 is 5.32 Å². The Bertz CT molecular complexity index is 573. The second-order valence-corrected chi connectivity index (χ2v) is 4.32. The van der Waals surface area contributed by atoms with Crippen LogP contribution in [0.1, 0.15) is 16.7 Å². The molecule has 19 heavy (non-hydrogen) atoms. The fraction of sp³-hybridized carbons (Fsp3) is 0.308. The maximum Gasteiger partial charge on any atom is 0.419 e. The van der Waals surface area contributed by atoms with Crippen LogP contribution in [0.4, 0.5) is 13.2 Å². The van der Waals surface area contributed by atoms with E-state index in [2.05, 4.69) is 10.4 Å². The lowest BCUT2D eigenvalue weighted by molar-refractivity contribution is -0.137. The van der Waals surface area contributed by atoms with E-state index in [-0.39, 0.29) is 0 Å². The Hall–Kier alpha value is -1.82. The summed E-state index contributed by atoms with van der Waals surface area (Å²) < 4.78 is 38.8. The first-order valence-corrected chi connectivity index (χ1v) is 5.78. The first-order chi connectivity index (χ1) is 8.91. The zero-order valence-electron chi connectivity index (χ0n) is 10.6. The number of nitrogens with zero attached hydrogens (tertiary/aromatic N) is 2. The van der Waals surface area contributed by atoms with Gasteiger partial charge in [0, 0.05) is 12.7 Å². The molecule has 0 fully saturated rings. The van der Waals surface area contributed by atoms with Crippen LogP contribution in [0.25, 0.3) is 5.69 Å². The third-order valence-corrected chi connectivity index (χ3v) is 2.80. The van der Waals surface area contributed by atoms with E-state index in [0.29, 0.717) is 12.2 Å². The molecular weight excluding hydrogens is 255 g/mol. The normalized spacial score (nSPS) is 11.8. The molecule has 0 bridgehead atoms. The van der Waals surface area contributed by atoms with Gasteiger partial charge in [-0.1, -0.05) is 12.1 Å². The Kier molecular flexibility index (Phi) is 3.61. The molecule has 0 aliphatic heterocycles. The van der Waals surface area contributed by atoms with Gasteiger partial charge in [-0.2, -0.15) is 18.3 Å². The molecule has 0 aliphatic rings. The van der Waals surface area contributed by atoms with E-state index in [4.69, 9.17) is 0 Å².